The van der Waals surface area contributed by atoms with E-state index in [0.29, 0.717) is 5.02 Å². The molecule has 106 valence electrons. The molecule has 19 heavy (non-hydrogen) atoms. The molecule has 0 bridgehead atoms. The molecule has 0 heterocycles. The molecule has 1 amide bonds. The van der Waals surface area contributed by atoms with Gasteiger partial charge >= 0.3 is 0 Å². The van der Waals surface area contributed by atoms with Crippen LogP contribution in [0.3, 0.4) is 0 Å². The minimum Gasteiger partial charge on any atom is -0.374 e. The lowest BCUT2D eigenvalue weighted by Gasteiger charge is -2.20. The first-order valence-corrected chi connectivity index (χ1v) is 7.15. The van der Waals surface area contributed by atoms with Crippen LogP contribution in [0.25, 0.3) is 0 Å². The molecule has 0 spiro atoms. The van der Waals surface area contributed by atoms with Crippen molar-refractivity contribution in [2.24, 2.45) is 0 Å². The van der Waals surface area contributed by atoms with E-state index in [9.17, 15) is 4.79 Å². The normalized spacial score (nSPS) is 13.7. The molecule has 3 nitrogen and oxygen atoms in total. The molecule has 2 unspecified atom stereocenters. The summed E-state index contributed by atoms with van der Waals surface area (Å²) in [6.45, 7) is 7.93. The predicted molar refractivity (Wildman–Crippen MR) is 81.8 cm³/mol. The third-order valence-electron chi connectivity index (χ3n) is 3.14. The van der Waals surface area contributed by atoms with Crippen LogP contribution >= 0.6 is 11.6 Å². The van der Waals surface area contributed by atoms with Gasteiger partial charge in [0.1, 0.15) is 6.04 Å². The molecule has 0 saturated carbocycles. The number of benzene rings is 1. The number of carbonyl (C=O) groups is 1. The minimum absolute atomic E-state index is 0.0142. The summed E-state index contributed by atoms with van der Waals surface area (Å²) in [4.78, 5) is 12.0. The van der Waals surface area contributed by atoms with Crippen LogP contribution in [0.2, 0.25) is 5.02 Å². The quantitative estimate of drug-likeness (QED) is 0.834. The minimum atomic E-state index is -0.281. The number of carbonyl (C=O) groups excluding carboxylic acids is 1. The van der Waals surface area contributed by atoms with Crippen molar-refractivity contribution < 1.29 is 4.79 Å². The first-order valence-electron chi connectivity index (χ1n) is 6.77. The highest BCUT2D eigenvalue weighted by molar-refractivity contribution is 6.31. The third kappa shape index (κ3) is 4.75. The van der Waals surface area contributed by atoms with Crippen molar-refractivity contribution in [2.45, 2.75) is 52.6 Å². The van der Waals surface area contributed by atoms with Gasteiger partial charge in [-0.2, -0.15) is 0 Å². The Hall–Kier alpha value is -1.22. The van der Waals surface area contributed by atoms with E-state index in [1.54, 1.807) is 0 Å². The highest BCUT2D eigenvalue weighted by Gasteiger charge is 2.15. The average Bonchev–Trinajstić information content (AvgIpc) is 2.35. The van der Waals surface area contributed by atoms with Crippen molar-refractivity contribution >= 4 is 23.2 Å². The number of anilines is 1. The molecule has 4 heteroatoms. The Morgan fingerprint density at radius 2 is 2.05 bits per heavy atom. The number of amides is 1. The van der Waals surface area contributed by atoms with Gasteiger partial charge in [-0.25, -0.2) is 0 Å². The van der Waals surface area contributed by atoms with Gasteiger partial charge in [-0.3, -0.25) is 4.79 Å². The maximum Gasteiger partial charge on any atom is 0.242 e. The number of hydrogen-bond acceptors (Lipinski definition) is 2. The lowest BCUT2D eigenvalue weighted by molar-refractivity contribution is -0.122. The Labute approximate surface area is 120 Å². The maximum atomic E-state index is 12.0. The lowest BCUT2D eigenvalue weighted by Crippen LogP contribution is -2.42. The summed E-state index contributed by atoms with van der Waals surface area (Å²) in [5.74, 6) is 0.0142. The van der Waals surface area contributed by atoms with E-state index in [1.165, 1.54) is 0 Å². The van der Waals surface area contributed by atoms with Gasteiger partial charge < -0.3 is 10.6 Å². The topological polar surface area (TPSA) is 41.1 Å². The van der Waals surface area contributed by atoms with Crippen molar-refractivity contribution in [1.82, 2.24) is 5.32 Å². The van der Waals surface area contributed by atoms with E-state index < -0.39 is 0 Å². The van der Waals surface area contributed by atoms with Gasteiger partial charge in [0.15, 0.2) is 0 Å². The largest absolute Gasteiger partial charge is 0.374 e. The number of hydrogen-bond donors (Lipinski definition) is 2. The number of halogens is 1. The van der Waals surface area contributed by atoms with Crippen molar-refractivity contribution in [3.8, 4) is 0 Å². The van der Waals surface area contributed by atoms with Crippen molar-refractivity contribution in [3.05, 3.63) is 28.8 Å². The van der Waals surface area contributed by atoms with Crippen LogP contribution in [0, 0.1) is 6.92 Å². The smallest absolute Gasteiger partial charge is 0.242 e. The molecule has 2 N–H and O–H groups in total. The summed E-state index contributed by atoms with van der Waals surface area (Å²) >= 11 is 6.06. The monoisotopic (exact) mass is 282 g/mol. The second kappa shape index (κ2) is 7.39. The number of rotatable bonds is 6. The fourth-order valence-electron chi connectivity index (χ4n) is 1.94. The second-order valence-corrected chi connectivity index (χ2v) is 5.38. The van der Waals surface area contributed by atoms with Crippen LogP contribution < -0.4 is 10.6 Å². The van der Waals surface area contributed by atoms with Gasteiger partial charge in [0.25, 0.3) is 0 Å². The van der Waals surface area contributed by atoms with E-state index in [-0.39, 0.29) is 18.0 Å². The summed E-state index contributed by atoms with van der Waals surface area (Å²) < 4.78 is 0. The van der Waals surface area contributed by atoms with Crippen LogP contribution in [0.15, 0.2) is 18.2 Å². The molecule has 0 aromatic heterocycles. The van der Waals surface area contributed by atoms with Crippen molar-refractivity contribution in [1.29, 1.82) is 0 Å². The SMILES string of the molecule is CCCC(C)NC(=O)C(C)Nc1cccc(Cl)c1C. The van der Waals surface area contributed by atoms with Gasteiger partial charge in [0, 0.05) is 16.8 Å². The summed E-state index contributed by atoms with van der Waals surface area (Å²) in [5, 5.41) is 6.91. The Kier molecular flexibility index (Phi) is 6.16. The Balaban J connectivity index is 2.61. The van der Waals surface area contributed by atoms with Gasteiger partial charge in [-0.15, -0.1) is 0 Å². The molecule has 0 radical (unpaired) electrons. The molecule has 0 aliphatic rings. The van der Waals surface area contributed by atoms with Crippen LogP contribution in [-0.4, -0.2) is 18.0 Å². The first-order chi connectivity index (χ1) is 8.95. The van der Waals surface area contributed by atoms with E-state index in [2.05, 4.69) is 17.6 Å². The van der Waals surface area contributed by atoms with E-state index in [1.807, 2.05) is 39.0 Å². The van der Waals surface area contributed by atoms with Crippen molar-refractivity contribution in [2.75, 3.05) is 5.32 Å². The van der Waals surface area contributed by atoms with Crippen LogP contribution in [0.4, 0.5) is 5.69 Å². The zero-order valence-corrected chi connectivity index (χ0v) is 12.8. The maximum absolute atomic E-state index is 12.0. The van der Waals surface area contributed by atoms with Crippen LogP contribution in [0.1, 0.15) is 39.2 Å². The second-order valence-electron chi connectivity index (χ2n) is 4.98. The van der Waals surface area contributed by atoms with Crippen molar-refractivity contribution in [3.63, 3.8) is 0 Å². The third-order valence-corrected chi connectivity index (χ3v) is 3.55. The standard InChI is InChI=1S/C15H23ClN2O/c1-5-7-10(2)17-15(19)12(4)18-14-9-6-8-13(16)11(14)3/h6,8-10,12,18H,5,7H2,1-4H3,(H,17,19). The first kappa shape index (κ1) is 15.8. The molecular weight excluding hydrogens is 260 g/mol. The zero-order chi connectivity index (χ0) is 14.4. The predicted octanol–water partition coefficient (Wildman–Crippen LogP) is 3.75. The highest BCUT2D eigenvalue weighted by atomic mass is 35.5. The molecule has 1 rings (SSSR count). The molecular formula is C15H23ClN2O. The zero-order valence-electron chi connectivity index (χ0n) is 12.1. The van der Waals surface area contributed by atoms with E-state index >= 15 is 0 Å². The summed E-state index contributed by atoms with van der Waals surface area (Å²) in [6.07, 6.45) is 2.06. The fraction of sp³-hybridized carbons (Fsp3) is 0.533. The molecule has 2 atom stereocenters. The number of nitrogens with one attached hydrogen (secondary N) is 2. The summed E-state index contributed by atoms with van der Waals surface area (Å²) in [7, 11) is 0. The molecule has 1 aromatic rings. The molecule has 0 fully saturated rings. The molecule has 1 aromatic carbocycles. The van der Waals surface area contributed by atoms with Gasteiger partial charge in [0.2, 0.25) is 5.91 Å². The Morgan fingerprint density at radius 3 is 2.68 bits per heavy atom. The average molecular weight is 283 g/mol. The van der Waals surface area contributed by atoms with Crippen LogP contribution in [0.5, 0.6) is 0 Å². The lowest BCUT2D eigenvalue weighted by atomic mass is 10.1. The van der Waals surface area contributed by atoms with E-state index in [4.69, 9.17) is 11.6 Å². The Bertz CT molecular complexity index is 434. The highest BCUT2D eigenvalue weighted by Crippen LogP contribution is 2.23. The summed E-state index contributed by atoms with van der Waals surface area (Å²) in [5.41, 5.74) is 1.86. The molecule has 0 saturated heterocycles. The van der Waals surface area contributed by atoms with Gasteiger partial charge in [0.05, 0.1) is 0 Å². The summed E-state index contributed by atoms with van der Waals surface area (Å²) in [6, 6.07) is 5.58. The fourth-order valence-corrected chi connectivity index (χ4v) is 2.11. The Morgan fingerprint density at radius 1 is 1.37 bits per heavy atom. The molecule has 0 aliphatic heterocycles. The molecule has 0 aliphatic carbocycles. The van der Waals surface area contributed by atoms with Crippen LogP contribution in [-0.2, 0) is 4.79 Å². The van der Waals surface area contributed by atoms with E-state index in [0.717, 1.165) is 24.1 Å². The van der Waals surface area contributed by atoms with Gasteiger partial charge in [-0.1, -0.05) is 31.0 Å². The van der Waals surface area contributed by atoms with Gasteiger partial charge in [-0.05, 0) is 44.9 Å².